The molecule has 0 aromatic heterocycles. The van der Waals surface area contributed by atoms with Crippen molar-refractivity contribution >= 4 is 17.1 Å². The number of allylic oxidation sites excluding steroid dienone is 2. The minimum Gasteiger partial charge on any atom is -0.497 e. The summed E-state index contributed by atoms with van der Waals surface area (Å²) in [6.45, 7) is 0. The van der Waals surface area contributed by atoms with E-state index in [2.05, 4.69) is 83.4 Å². The zero-order chi connectivity index (χ0) is 18.9. The lowest BCUT2D eigenvalue weighted by Gasteiger charge is -2.38. The van der Waals surface area contributed by atoms with Crippen molar-refractivity contribution in [3.05, 3.63) is 96.1 Å². The molecule has 3 aromatic carbocycles. The minimum atomic E-state index is 0.288. The number of hydrogen-bond acceptors (Lipinski definition) is 3. The number of fused-ring (bicyclic) bond motifs is 3. The molecule has 1 aliphatic carbocycles. The van der Waals surface area contributed by atoms with Crippen molar-refractivity contribution in [2.24, 2.45) is 5.92 Å². The second-order valence-electron chi connectivity index (χ2n) is 7.55. The molecule has 2 aliphatic rings. The lowest BCUT2D eigenvalue weighted by Crippen LogP contribution is -2.29. The number of para-hydroxylation sites is 1. The number of benzene rings is 3. The first kappa shape index (κ1) is 16.9. The van der Waals surface area contributed by atoms with Crippen LogP contribution in [0.15, 0.2) is 84.9 Å². The summed E-state index contributed by atoms with van der Waals surface area (Å²) in [6, 6.07) is 25.7. The largest absolute Gasteiger partial charge is 0.497 e. The van der Waals surface area contributed by atoms with Gasteiger partial charge in [0.25, 0.3) is 0 Å². The molecule has 3 unspecified atom stereocenters. The molecular weight excluding hydrogens is 344 g/mol. The highest BCUT2D eigenvalue weighted by Gasteiger charge is 2.38. The van der Waals surface area contributed by atoms with Crippen LogP contribution in [0.5, 0.6) is 5.75 Å². The molecular formula is C25H24N2O. The van der Waals surface area contributed by atoms with Crippen LogP contribution in [0, 0.1) is 5.92 Å². The van der Waals surface area contributed by atoms with Crippen LogP contribution < -0.4 is 15.4 Å². The number of methoxy groups -OCH3 is 1. The Hall–Kier alpha value is -3.20. The van der Waals surface area contributed by atoms with Crippen molar-refractivity contribution in [3.63, 3.8) is 0 Å². The summed E-state index contributed by atoms with van der Waals surface area (Å²) in [7, 11) is 1.73. The monoisotopic (exact) mass is 368 g/mol. The van der Waals surface area contributed by atoms with E-state index in [0.29, 0.717) is 11.8 Å². The molecule has 140 valence electrons. The maximum atomic E-state index is 5.45. The lowest BCUT2D eigenvalue weighted by molar-refractivity contribution is 0.406. The SMILES string of the molecule is COc1cccc(C2Nc3ccc(Nc4ccccc4)cc3C3C=CCC32)c1. The molecule has 0 saturated heterocycles. The van der Waals surface area contributed by atoms with Gasteiger partial charge in [0.15, 0.2) is 0 Å². The molecule has 3 nitrogen and oxygen atoms in total. The highest BCUT2D eigenvalue weighted by molar-refractivity contribution is 5.68. The molecule has 3 atom stereocenters. The fourth-order valence-electron chi connectivity index (χ4n) is 4.53. The zero-order valence-electron chi connectivity index (χ0n) is 15.9. The Morgan fingerprint density at radius 3 is 2.68 bits per heavy atom. The molecule has 2 N–H and O–H groups in total. The second-order valence-corrected chi connectivity index (χ2v) is 7.55. The van der Waals surface area contributed by atoms with Crippen molar-refractivity contribution < 1.29 is 4.74 Å². The van der Waals surface area contributed by atoms with Crippen molar-refractivity contribution in [1.29, 1.82) is 0 Å². The van der Waals surface area contributed by atoms with Gasteiger partial charge >= 0.3 is 0 Å². The fraction of sp³-hybridized carbons (Fsp3) is 0.200. The van der Waals surface area contributed by atoms with E-state index in [0.717, 1.165) is 23.5 Å². The van der Waals surface area contributed by atoms with Crippen LogP contribution in [0.25, 0.3) is 0 Å². The summed E-state index contributed by atoms with van der Waals surface area (Å²) in [4.78, 5) is 0. The average molecular weight is 368 g/mol. The molecule has 0 radical (unpaired) electrons. The Kier molecular flexibility index (Phi) is 4.28. The minimum absolute atomic E-state index is 0.288. The first-order valence-corrected chi connectivity index (χ1v) is 9.85. The molecule has 5 rings (SSSR count). The maximum absolute atomic E-state index is 5.45. The number of anilines is 3. The highest BCUT2D eigenvalue weighted by atomic mass is 16.5. The van der Waals surface area contributed by atoms with Gasteiger partial charge in [0.05, 0.1) is 13.2 Å². The Labute approximate surface area is 166 Å². The van der Waals surface area contributed by atoms with Gasteiger partial charge in [-0.2, -0.15) is 0 Å². The van der Waals surface area contributed by atoms with Crippen molar-refractivity contribution in [3.8, 4) is 5.75 Å². The molecule has 0 spiro atoms. The highest BCUT2D eigenvalue weighted by Crippen LogP contribution is 2.50. The van der Waals surface area contributed by atoms with Crippen LogP contribution in [0.3, 0.4) is 0 Å². The van der Waals surface area contributed by atoms with Crippen LogP contribution >= 0.6 is 0 Å². The van der Waals surface area contributed by atoms with Gasteiger partial charge in [-0.05, 0) is 65.9 Å². The Morgan fingerprint density at radius 1 is 0.929 bits per heavy atom. The first-order valence-electron chi connectivity index (χ1n) is 9.85. The third kappa shape index (κ3) is 3.03. The Morgan fingerprint density at radius 2 is 1.82 bits per heavy atom. The number of ether oxygens (including phenoxy) is 1. The summed E-state index contributed by atoms with van der Waals surface area (Å²) in [5.74, 6) is 1.87. The number of nitrogens with one attached hydrogen (secondary N) is 2. The van der Waals surface area contributed by atoms with Gasteiger partial charge in [-0.1, -0.05) is 42.5 Å². The predicted octanol–water partition coefficient (Wildman–Crippen LogP) is 6.27. The average Bonchev–Trinajstić information content (AvgIpc) is 3.24. The van der Waals surface area contributed by atoms with Crippen LogP contribution in [0.2, 0.25) is 0 Å². The zero-order valence-corrected chi connectivity index (χ0v) is 15.9. The van der Waals surface area contributed by atoms with E-state index in [1.807, 2.05) is 12.1 Å². The molecule has 0 amide bonds. The normalized spacial score (nSPS) is 22.1. The van der Waals surface area contributed by atoms with Gasteiger partial charge in [-0.15, -0.1) is 0 Å². The third-order valence-electron chi connectivity index (χ3n) is 5.88. The van der Waals surface area contributed by atoms with E-state index in [4.69, 9.17) is 4.74 Å². The van der Waals surface area contributed by atoms with Gasteiger partial charge in [-0.25, -0.2) is 0 Å². The van der Waals surface area contributed by atoms with Crippen molar-refractivity contribution in [2.45, 2.75) is 18.4 Å². The topological polar surface area (TPSA) is 33.3 Å². The van der Waals surface area contributed by atoms with Gasteiger partial charge in [0.2, 0.25) is 0 Å². The van der Waals surface area contributed by atoms with E-state index in [1.165, 1.54) is 16.8 Å². The van der Waals surface area contributed by atoms with E-state index in [9.17, 15) is 0 Å². The fourth-order valence-corrected chi connectivity index (χ4v) is 4.53. The number of rotatable bonds is 4. The van der Waals surface area contributed by atoms with Crippen molar-refractivity contribution in [1.82, 2.24) is 0 Å². The van der Waals surface area contributed by atoms with Crippen LogP contribution in [-0.2, 0) is 0 Å². The summed E-state index contributed by atoms with van der Waals surface area (Å²) < 4.78 is 5.45. The number of hydrogen-bond donors (Lipinski definition) is 2. The summed E-state index contributed by atoms with van der Waals surface area (Å²) in [6.07, 6.45) is 5.80. The standard InChI is InChI=1S/C25H24N2O/c1-28-20-10-5-7-17(15-20)25-22-12-6-11-21(22)23-16-19(13-14-24(23)27-25)26-18-8-3-2-4-9-18/h2-11,13-16,21-22,25-27H,12H2,1H3. The summed E-state index contributed by atoms with van der Waals surface area (Å²) in [5, 5.41) is 7.33. The molecule has 0 saturated carbocycles. The van der Waals surface area contributed by atoms with Gasteiger partial charge in [0.1, 0.15) is 5.75 Å². The molecule has 0 bridgehead atoms. The Balaban J connectivity index is 1.48. The molecule has 28 heavy (non-hydrogen) atoms. The molecule has 1 aliphatic heterocycles. The van der Waals surface area contributed by atoms with Crippen molar-refractivity contribution in [2.75, 3.05) is 17.7 Å². The van der Waals surface area contributed by atoms with Crippen LogP contribution in [-0.4, -0.2) is 7.11 Å². The van der Waals surface area contributed by atoms with E-state index < -0.39 is 0 Å². The quantitative estimate of drug-likeness (QED) is 0.533. The Bertz CT molecular complexity index is 1010. The maximum Gasteiger partial charge on any atom is 0.119 e. The second kappa shape index (κ2) is 7.08. The molecule has 3 heteroatoms. The van der Waals surface area contributed by atoms with Gasteiger partial charge in [-0.3, -0.25) is 0 Å². The van der Waals surface area contributed by atoms with Gasteiger partial charge in [0, 0.05) is 23.0 Å². The summed E-state index contributed by atoms with van der Waals surface area (Å²) in [5.41, 5.74) is 6.12. The first-order chi connectivity index (χ1) is 13.8. The van der Waals surface area contributed by atoms with E-state index in [-0.39, 0.29) is 6.04 Å². The third-order valence-corrected chi connectivity index (χ3v) is 5.88. The molecule has 0 fully saturated rings. The molecule has 3 aromatic rings. The summed E-state index contributed by atoms with van der Waals surface area (Å²) >= 11 is 0. The predicted molar refractivity (Wildman–Crippen MR) is 116 cm³/mol. The molecule has 1 heterocycles. The van der Waals surface area contributed by atoms with Crippen LogP contribution in [0.4, 0.5) is 17.1 Å². The van der Waals surface area contributed by atoms with Gasteiger partial charge < -0.3 is 15.4 Å². The van der Waals surface area contributed by atoms with E-state index >= 15 is 0 Å². The smallest absolute Gasteiger partial charge is 0.119 e. The van der Waals surface area contributed by atoms with Crippen LogP contribution in [0.1, 0.15) is 29.5 Å². The lowest BCUT2D eigenvalue weighted by atomic mass is 9.77. The van der Waals surface area contributed by atoms with E-state index in [1.54, 1.807) is 7.11 Å².